The summed E-state index contributed by atoms with van der Waals surface area (Å²) in [4.78, 5) is 0.237. The van der Waals surface area contributed by atoms with E-state index in [1.807, 2.05) is 26.0 Å². The molecule has 6 heteroatoms. The minimum Gasteiger partial charge on any atom is -0.389 e. The molecule has 0 aliphatic carbocycles. The van der Waals surface area contributed by atoms with E-state index < -0.39 is 10.0 Å². The fourth-order valence-corrected chi connectivity index (χ4v) is 5.40. The summed E-state index contributed by atoms with van der Waals surface area (Å²) in [6.45, 7) is 3.96. The van der Waals surface area contributed by atoms with Crippen molar-refractivity contribution in [2.24, 2.45) is 5.73 Å². The summed E-state index contributed by atoms with van der Waals surface area (Å²) in [6.07, 6.45) is 2.92. The van der Waals surface area contributed by atoms with Crippen LogP contribution in [0.3, 0.4) is 0 Å². The molecule has 1 aliphatic heterocycles. The number of nitrogens with zero attached hydrogens (tertiary/aromatic N) is 1. The fourth-order valence-electron chi connectivity index (χ4n) is 3.10. The molecule has 0 spiro atoms. The van der Waals surface area contributed by atoms with Gasteiger partial charge in [0.25, 0.3) is 0 Å². The molecule has 0 unspecified atom stereocenters. The van der Waals surface area contributed by atoms with Crippen LogP contribution >= 0.6 is 12.2 Å². The van der Waals surface area contributed by atoms with Gasteiger partial charge in [0.1, 0.15) is 4.99 Å². The molecule has 2 rings (SSSR count). The van der Waals surface area contributed by atoms with E-state index in [2.05, 4.69) is 0 Å². The quantitative estimate of drug-likeness (QED) is 0.863. The van der Waals surface area contributed by atoms with Crippen molar-refractivity contribution in [3.8, 4) is 0 Å². The third kappa shape index (κ3) is 3.62. The largest absolute Gasteiger partial charge is 0.389 e. The van der Waals surface area contributed by atoms with Crippen LogP contribution in [0.15, 0.2) is 24.3 Å². The first-order valence-corrected chi connectivity index (χ1v) is 9.23. The SMILES string of the molecule is C[C@@H]1CCC[C@H](C)N1S(=O)(=O)Cc1ccccc1C(N)=S. The number of benzene rings is 1. The van der Waals surface area contributed by atoms with Crippen LogP contribution in [-0.4, -0.2) is 29.8 Å². The van der Waals surface area contributed by atoms with Crippen LogP contribution in [0.4, 0.5) is 0 Å². The molecule has 1 aromatic rings. The van der Waals surface area contributed by atoms with Gasteiger partial charge in [-0.3, -0.25) is 0 Å². The minimum atomic E-state index is -3.37. The van der Waals surface area contributed by atoms with Gasteiger partial charge in [0, 0.05) is 17.6 Å². The molecular formula is C15H22N2O2S2. The summed E-state index contributed by atoms with van der Waals surface area (Å²) >= 11 is 5.01. The van der Waals surface area contributed by atoms with E-state index >= 15 is 0 Å². The third-order valence-corrected chi connectivity index (χ3v) is 6.31. The Morgan fingerprint density at radius 3 is 2.43 bits per heavy atom. The zero-order valence-corrected chi connectivity index (χ0v) is 14.1. The van der Waals surface area contributed by atoms with Crippen LogP contribution in [0.5, 0.6) is 0 Å². The van der Waals surface area contributed by atoms with Crippen LogP contribution in [-0.2, 0) is 15.8 Å². The lowest BCUT2D eigenvalue weighted by molar-refractivity contribution is 0.204. The third-order valence-electron chi connectivity index (χ3n) is 4.05. The van der Waals surface area contributed by atoms with Crippen molar-refractivity contribution in [3.05, 3.63) is 35.4 Å². The Balaban J connectivity index is 2.31. The molecule has 2 N–H and O–H groups in total. The van der Waals surface area contributed by atoms with Gasteiger partial charge >= 0.3 is 0 Å². The van der Waals surface area contributed by atoms with E-state index in [4.69, 9.17) is 18.0 Å². The maximum Gasteiger partial charge on any atom is 0.218 e. The normalized spacial score (nSPS) is 23.9. The average Bonchev–Trinajstić information content (AvgIpc) is 2.37. The maximum absolute atomic E-state index is 12.8. The highest BCUT2D eigenvalue weighted by molar-refractivity contribution is 7.88. The van der Waals surface area contributed by atoms with Gasteiger partial charge in [-0.15, -0.1) is 0 Å². The van der Waals surface area contributed by atoms with E-state index in [1.165, 1.54) is 0 Å². The molecule has 0 radical (unpaired) electrons. The zero-order chi connectivity index (χ0) is 15.6. The highest BCUT2D eigenvalue weighted by Gasteiger charge is 2.34. The van der Waals surface area contributed by atoms with Gasteiger partial charge in [0.15, 0.2) is 0 Å². The Kier molecular flexibility index (Phi) is 5.01. The summed E-state index contributed by atoms with van der Waals surface area (Å²) in [6, 6.07) is 7.29. The maximum atomic E-state index is 12.8. The Hall–Kier alpha value is -0.980. The van der Waals surface area contributed by atoms with Crippen molar-refractivity contribution in [1.82, 2.24) is 4.31 Å². The number of thiocarbonyl (C=S) groups is 1. The summed E-state index contributed by atoms with van der Waals surface area (Å²) in [5.74, 6) is -0.0464. The van der Waals surface area contributed by atoms with Crippen molar-refractivity contribution >= 4 is 27.2 Å². The summed E-state index contributed by atoms with van der Waals surface area (Å²) in [5, 5.41) is 0. The predicted octanol–water partition coefficient (Wildman–Crippen LogP) is 2.41. The molecule has 0 bridgehead atoms. The lowest BCUT2D eigenvalue weighted by Crippen LogP contribution is -2.47. The molecule has 0 saturated carbocycles. The molecule has 2 atom stereocenters. The molecule has 4 nitrogen and oxygen atoms in total. The fraction of sp³-hybridized carbons (Fsp3) is 0.533. The Morgan fingerprint density at radius 2 is 1.86 bits per heavy atom. The number of hydrogen-bond acceptors (Lipinski definition) is 3. The summed E-state index contributed by atoms with van der Waals surface area (Å²) in [7, 11) is -3.37. The van der Waals surface area contributed by atoms with Crippen molar-refractivity contribution in [1.29, 1.82) is 0 Å². The van der Waals surface area contributed by atoms with Crippen LogP contribution in [0, 0.1) is 0 Å². The number of hydrogen-bond donors (Lipinski definition) is 1. The first-order valence-electron chi connectivity index (χ1n) is 7.22. The van der Waals surface area contributed by atoms with Crippen molar-refractivity contribution in [3.63, 3.8) is 0 Å². The van der Waals surface area contributed by atoms with Crippen molar-refractivity contribution in [2.45, 2.75) is 50.9 Å². The predicted molar refractivity (Wildman–Crippen MR) is 89.6 cm³/mol. The Labute approximate surface area is 132 Å². The lowest BCUT2D eigenvalue weighted by atomic mass is 10.0. The molecule has 116 valence electrons. The van der Waals surface area contributed by atoms with Gasteiger partial charge in [0.2, 0.25) is 10.0 Å². The highest BCUT2D eigenvalue weighted by Crippen LogP contribution is 2.28. The van der Waals surface area contributed by atoms with Gasteiger partial charge < -0.3 is 5.73 Å². The first kappa shape index (κ1) is 16.4. The highest BCUT2D eigenvalue weighted by atomic mass is 32.2. The molecular weight excluding hydrogens is 304 g/mol. The molecule has 0 aromatic heterocycles. The number of sulfonamides is 1. The van der Waals surface area contributed by atoms with Gasteiger partial charge in [-0.2, -0.15) is 4.31 Å². The minimum absolute atomic E-state index is 0.0464. The second kappa shape index (κ2) is 6.42. The number of nitrogens with two attached hydrogens (primary N) is 1. The number of rotatable bonds is 4. The molecule has 1 fully saturated rings. The second-order valence-corrected chi connectivity index (χ2v) is 8.05. The van der Waals surface area contributed by atoms with Gasteiger partial charge in [0.05, 0.1) is 5.75 Å². The van der Waals surface area contributed by atoms with Gasteiger partial charge in [-0.1, -0.05) is 42.9 Å². The van der Waals surface area contributed by atoms with E-state index in [1.54, 1.807) is 16.4 Å². The van der Waals surface area contributed by atoms with Crippen molar-refractivity contribution < 1.29 is 8.42 Å². The molecule has 1 saturated heterocycles. The average molecular weight is 326 g/mol. The molecule has 0 amide bonds. The van der Waals surface area contributed by atoms with E-state index in [9.17, 15) is 8.42 Å². The summed E-state index contributed by atoms with van der Waals surface area (Å²) < 4.78 is 27.2. The van der Waals surface area contributed by atoms with Crippen LogP contribution < -0.4 is 5.73 Å². The zero-order valence-electron chi connectivity index (χ0n) is 12.5. The van der Waals surface area contributed by atoms with E-state index in [0.717, 1.165) is 19.3 Å². The smallest absolute Gasteiger partial charge is 0.218 e. The van der Waals surface area contributed by atoms with Gasteiger partial charge in [-0.05, 0) is 32.3 Å². The second-order valence-electron chi connectivity index (χ2n) is 5.74. The van der Waals surface area contributed by atoms with Crippen LogP contribution in [0.1, 0.15) is 44.2 Å². The Morgan fingerprint density at radius 1 is 1.29 bits per heavy atom. The lowest BCUT2D eigenvalue weighted by Gasteiger charge is -2.37. The molecule has 1 heterocycles. The summed E-state index contributed by atoms with van der Waals surface area (Å²) in [5.41, 5.74) is 7.01. The van der Waals surface area contributed by atoms with Gasteiger partial charge in [-0.25, -0.2) is 8.42 Å². The molecule has 1 aromatic carbocycles. The van der Waals surface area contributed by atoms with Crippen LogP contribution in [0.2, 0.25) is 0 Å². The molecule has 21 heavy (non-hydrogen) atoms. The van der Waals surface area contributed by atoms with E-state index in [-0.39, 0.29) is 22.8 Å². The topological polar surface area (TPSA) is 63.4 Å². The first-order chi connectivity index (χ1) is 9.83. The van der Waals surface area contributed by atoms with Crippen LogP contribution in [0.25, 0.3) is 0 Å². The molecule has 1 aliphatic rings. The monoisotopic (exact) mass is 326 g/mol. The van der Waals surface area contributed by atoms with Crippen molar-refractivity contribution in [2.75, 3.05) is 0 Å². The Bertz CT molecular complexity index is 618. The number of piperidine rings is 1. The standard InChI is InChI=1S/C15H22N2O2S2/c1-11-6-5-7-12(2)17(11)21(18,19)10-13-8-3-4-9-14(13)15(16)20/h3-4,8-9,11-12H,5-7,10H2,1-2H3,(H2,16,20)/t11-,12+. The van der Waals surface area contributed by atoms with E-state index in [0.29, 0.717) is 11.1 Å².